The first-order valence-electron chi connectivity index (χ1n) is 4.83. The Morgan fingerprint density at radius 1 is 0.938 bits per heavy atom. The zero-order valence-electron chi connectivity index (χ0n) is 9.07. The summed E-state index contributed by atoms with van der Waals surface area (Å²) in [6.45, 7) is -0.968. The van der Waals surface area contributed by atoms with Gasteiger partial charge < -0.3 is 20.0 Å². The number of carbonyl (C=O) groups excluding carboxylic acids is 2. The van der Waals surface area contributed by atoms with Crippen molar-refractivity contribution in [3.8, 4) is 0 Å². The van der Waals surface area contributed by atoms with Gasteiger partial charge in [0.15, 0.2) is 6.17 Å². The zero-order chi connectivity index (χ0) is 12.0. The van der Waals surface area contributed by atoms with Crippen LogP contribution in [-0.4, -0.2) is 81.8 Å². The monoisotopic (exact) mass is 230 g/mol. The average Bonchev–Trinajstić information content (AvgIpc) is 2.65. The van der Waals surface area contributed by atoms with Crippen molar-refractivity contribution in [2.24, 2.45) is 0 Å². The molecule has 2 fully saturated rings. The number of aliphatic hydroxyl groups is 2. The van der Waals surface area contributed by atoms with E-state index in [0.29, 0.717) is 0 Å². The van der Waals surface area contributed by atoms with E-state index in [1.165, 1.54) is 9.80 Å². The number of carbonyl (C=O) groups is 2. The SMILES string of the molecule is CN1C(=O)N(CO)C2C1N(C)C(=O)N2CO. The molecule has 0 unspecified atom stereocenters. The van der Waals surface area contributed by atoms with Gasteiger partial charge in [-0.25, -0.2) is 9.59 Å². The van der Waals surface area contributed by atoms with E-state index in [0.717, 1.165) is 9.80 Å². The number of nitrogens with zero attached hydrogens (tertiary/aromatic N) is 4. The Hall–Kier alpha value is -1.54. The van der Waals surface area contributed by atoms with Crippen LogP contribution in [0.5, 0.6) is 0 Å². The molecular formula is C8H14N4O4. The lowest BCUT2D eigenvalue weighted by Gasteiger charge is -2.25. The number of amides is 4. The smallest absolute Gasteiger partial charge is 0.325 e. The minimum absolute atomic E-state index is 0.365. The molecule has 0 aliphatic carbocycles. The summed E-state index contributed by atoms with van der Waals surface area (Å²) in [5, 5.41) is 18.3. The Bertz CT molecular complexity index is 306. The number of hydrogen-bond acceptors (Lipinski definition) is 4. The topological polar surface area (TPSA) is 87.6 Å². The van der Waals surface area contributed by atoms with Crippen LogP contribution in [0.25, 0.3) is 0 Å². The van der Waals surface area contributed by atoms with E-state index in [1.54, 1.807) is 14.1 Å². The maximum absolute atomic E-state index is 11.7. The van der Waals surface area contributed by atoms with Crippen molar-refractivity contribution < 1.29 is 19.8 Å². The number of urea groups is 2. The number of aliphatic hydroxyl groups excluding tert-OH is 2. The molecule has 2 saturated heterocycles. The van der Waals surface area contributed by atoms with Gasteiger partial charge in [-0.2, -0.15) is 0 Å². The summed E-state index contributed by atoms with van der Waals surface area (Å²) in [6, 6.07) is -0.731. The number of rotatable bonds is 2. The van der Waals surface area contributed by atoms with Gasteiger partial charge >= 0.3 is 12.1 Å². The molecule has 0 radical (unpaired) electrons. The highest BCUT2D eigenvalue weighted by atomic mass is 16.3. The first-order valence-corrected chi connectivity index (χ1v) is 4.83. The molecule has 0 aromatic carbocycles. The Balaban J connectivity index is 2.38. The second-order valence-electron chi connectivity index (χ2n) is 3.84. The highest BCUT2D eigenvalue weighted by Crippen LogP contribution is 2.31. The van der Waals surface area contributed by atoms with Crippen molar-refractivity contribution in [3.63, 3.8) is 0 Å². The second-order valence-corrected chi connectivity index (χ2v) is 3.84. The lowest BCUT2D eigenvalue weighted by atomic mass is 10.3. The molecule has 0 atom stereocenters. The molecule has 8 nitrogen and oxygen atoms in total. The molecular weight excluding hydrogens is 216 g/mol. The number of hydrogen-bond donors (Lipinski definition) is 2. The summed E-state index contributed by atoms with van der Waals surface area (Å²) in [5.74, 6) is 0. The molecule has 90 valence electrons. The predicted molar refractivity (Wildman–Crippen MR) is 51.7 cm³/mol. The molecule has 0 aromatic rings. The predicted octanol–water partition coefficient (Wildman–Crippen LogP) is -1.73. The quantitative estimate of drug-likeness (QED) is 0.590. The first kappa shape index (κ1) is 11.0. The largest absolute Gasteiger partial charge is 0.376 e. The fraction of sp³-hybridized carbons (Fsp3) is 0.750. The molecule has 0 bridgehead atoms. The van der Waals surface area contributed by atoms with Crippen LogP contribution in [-0.2, 0) is 0 Å². The summed E-state index contributed by atoms with van der Waals surface area (Å²) in [7, 11) is 3.11. The van der Waals surface area contributed by atoms with Crippen molar-refractivity contribution in [3.05, 3.63) is 0 Å². The Morgan fingerprint density at radius 2 is 1.31 bits per heavy atom. The van der Waals surface area contributed by atoms with Crippen molar-refractivity contribution in [1.82, 2.24) is 19.6 Å². The molecule has 16 heavy (non-hydrogen) atoms. The van der Waals surface area contributed by atoms with Crippen molar-refractivity contribution in [1.29, 1.82) is 0 Å². The minimum atomic E-state index is -0.634. The average molecular weight is 230 g/mol. The Morgan fingerprint density at radius 3 is 1.62 bits per heavy atom. The highest BCUT2D eigenvalue weighted by molar-refractivity contribution is 5.84. The summed E-state index contributed by atoms with van der Waals surface area (Å²) < 4.78 is 0. The molecule has 4 amide bonds. The fourth-order valence-corrected chi connectivity index (χ4v) is 2.30. The second kappa shape index (κ2) is 3.49. The van der Waals surface area contributed by atoms with Crippen LogP contribution in [0.4, 0.5) is 9.59 Å². The minimum Gasteiger partial charge on any atom is -0.376 e. The summed E-state index contributed by atoms with van der Waals surface area (Å²) >= 11 is 0. The Kier molecular flexibility index (Phi) is 2.39. The summed E-state index contributed by atoms with van der Waals surface area (Å²) in [5.41, 5.74) is 0. The molecule has 2 rings (SSSR count). The lowest BCUT2D eigenvalue weighted by molar-refractivity contribution is 0.0261. The van der Waals surface area contributed by atoms with Crippen LogP contribution in [0.2, 0.25) is 0 Å². The standard InChI is InChI=1S/C8H14N4O4/c1-9-5-6(11(3-13)7(9)15)12(4-14)8(16)10(5)2/h5-6,13-14H,3-4H2,1-2H3. The molecule has 2 aliphatic heterocycles. The zero-order valence-corrected chi connectivity index (χ0v) is 9.07. The van der Waals surface area contributed by atoms with E-state index < -0.39 is 25.8 Å². The normalized spacial score (nSPS) is 29.5. The van der Waals surface area contributed by atoms with E-state index in [2.05, 4.69) is 0 Å². The van der Waals surface area contributed by atoms with E-state index in [4.69, 9.17) is 10.2 Å². The number of fused-ring (bicyclic) bond motifs is 1. The van der Waals surface area contributed by atoms with Crippen LogP contribution >= 0.6 is 0 Å². The molecule has 8 heteroatoms. The van der Waals surface area contributed by atoms with E-state index >= 15 is 0 Å². The van der Waals surface area contributed by atoms with Gasteiger partial charge in [-0.3, -0.25) is 9.80 Å². The van der Waals surface area contributed by atoms with Crippen LogP contribution in [0.3, 0.4) is 0 Å². The molecule has 2 aliphatic rings. The van der Waals surface area contributed by atoms with Crippen LogP contribution in [0.1, 0.15) is 0 Å². The van der Waals surface area contributed by atoms with Gasteiger partial charge in [0, 0.05) is 14.1 Å². The van der Waals surface area contributed by atoms with Crippen molar-refractivity contribution in [2.45, 2.75) is 12.3 Å². The molecule has 2 heterocycles. The van der Waals surface area contributed by atoms with Gasteiger partial charge in [0.1, 0.15) is 19.6 Å². The van der Waals surface area contributed by atoms with Gasteiger partial charge in [-0.05, 0) is 0 Å². The molecule has 0 spiro atoms. The maximum Gasteiger partial charge on any atom is 0.325 e. The molecule has 0 saturated carbocycles. The van der Waals surface area contributed by atoms with Crippen LogP contribution < -0.4 is 0 Å². The van der Waals surface area contributed by atoms with Gasteiger partial charge in [0.05, 0.1) is 0 Å². The van der Waals surface area contributed by atoms with E-state index in [1.807, 2.05) is 0 Å². The van der Waals surface area contributed by atoms with E-state index in [9.17, 15) is 9.59 Å². The first-order chi connectivity index (χ1) is 7.54. The third-order valence-corrected chi connectivity index (χ3v) is 3.10. The van der Waals surface area contributed by atoms with Crippen molar-refractivity contribution in [2.75, 3.05) is 27.6 Å². The number of likely N-dealkylation sites (N-methyl/N-ethyl adjacent to an activating group) is 2. The van der Waals surface area contributed by atoms with Gasteiger partial charge in [-0.1, -0.05) is 0 Å². The fourth-order valence-electron chi connectivity index (χ4n) is 2.30. The van der Waals surface area contributed by atoms with Gasteiger partial charge in [-0.15, -0.1) is 0 Å². The summed E-state index contributed by atoms with van der Waals surface area (Å²) in [6.07, 6.45) is -1.11. The molecule has 2 N–H and O–H groups in total. The van der Waals surface area contributed by atoms with Crippen LogP contribution in [0.15, 0.2) is 0 Å². The van der Waals surface area contributed by atoms with Crippen molar-refractivity contribution >= 4 is 12.1 Å². The van der Waals surface area contributed by atoms with Gasteiger partial charge in [0.25, 0.3) is 0 Å². The third-order valence-electron chi connectivity index (χ3n) is 3.10. The summed E-state index contributed by atoms with van der Waals surface area (Å²) in [4.78, 5) is 28.4. The lowest BCUT2D eigenvalue weighted by Crippen LogP contribution is -2.47. The molecule has 0 aromatic heterocycles. The van der Waals surface area contributed by atoms with E-state index in [-0.39, 0.29) is 12.1 Å². The third kappa shape index (κ3) is 1.11. The maximum atomic E-state index is 11.7. The Labute approximate surface area is 92.2 Å². The highest BCUT2D eigenvalue weighted by Gasteiger charge is 2.56. The van der Waals surface area contributed by atoms with Crippen LogP contribution in [0, 0.1) is 0 Å². The van der Waals surface area contributed by atoms with Gasteiger partial charge in [0.2, 0.25) is 0 Å².